The first-order valence-corrected chi connectivity index (χ1v) is 11.8. The highest BCUT2D eigenvalue weighted by molar-refractivity contribution is 8.01. The second-order valence-electron chi connectivity index (χ2n) is 6.82. The number of aliphatic hydroxyl groups is 1. The molecule has 3 N–H and O–H groups in total. The van der Waals surface area contributed by atoms with Crippen molar-refractivity contribution in [3.8, 4) is 0 Å². The molecule has 1 amide bonds. The number of esters is 1. The van der Waals surface area contributed by atoms with Crippen LogP contribution in [0.1, 0.15) is 34.1 Å². The standard InChI is InChI=1S/C22H26N4O4S2/c1-3-10-26(11-12-27)20(28)17-13-15(7-8-16(17)21(29)30-2)31-19-14-24-22(32-19)25-18-6-4-5-9-23-18/h4-8,13-14,23,27H,3,9-12H2,1-2H3,(H,24,25). The normalized spacial score (nSPS) is 12.7. The summed E-state index contributed by atoms with van der Waals surface area (Å²) in [6, 6.07) is 5.09. The Morgan fingerprint density at radius 3 is 2.88 bits per heavy atom. The lowest BCUT2D eigenvalue weighted by molar-refractivity contribution is 0.0588. The zero-order chi connectivity index (χ0) is 22.9. The van der Waals surface area contributed by atoms with Gasteiger partial charge in [-0.15, -0.1) is 0 Å². The van der Waals surface area contributed by atoms with Crippen LogP contribution in [-0.2, 0) is 4.74 Å². The van der Waals surface area contributed by atoms with E-state index in [9.17, 15) is 14.7 Å². The number of benzene rings is 1. The zero-order valence-electron chi connectivity index (χ0n) is 18.0. The highest BCUT2D eigenvalue weighted by atomic mass is 32.2. The molecule has 0 saturated heterocycles. The SMILES string of the molecule is CCCN(CCO)C(=O)c1cc(Sc2cnc(NC3=CC=CCN3)s2)ccc1C(=O)OC. The predicted octanol–water partition coefficient (Wildman–Crippen LogP) is 3.34. The largest absolute Gasteiger partial charge is 0.465 e. The molecule has 0 aliphatic carbocycles. The Bertz CT molecular complexity index is 1010. The van der Waals surface area contributed by atoms with E-state index in [2.05, 4.69) is 15.6 Å². The summed E-state index contributed by atoms with van der Waals surface area (Å²) < 4.78 is 5.80. The Morgan fingerprint density at radius 1 is 1.34 bits per heavy atom. The highest BCUT2D eigenvalue weighted by Gasteiger charge is 2.23. The van der Waals surface area contributed by atoms with Crippen molar-refractivity contribution < 1.29 is 19.4 Å². The van der Waals surface area contributed by atoms with Gasteiger partial charge in [0.15, 0.2) is 5.13 Å². The number of aliphatic hydroxyl groups excluding tert-OH is 1. The van der Waals surface area contributed by atoms with Gasteiger partial charge < -0.3 is 25.4 Å². The van der Waals surface area contributed by atoms with Gasteiger partial charge in [-0.05, 0) is 30.7 Å². The van der Waals surface area contributed by atoms with E-state index in [1.807, 2.05) is 25.2 Å². The van der Waals surface area contributed by atoms with E-state index in [-0.39, 0.29) is 30.2 Å². The van der Waals surface area contributed by atoms with Crippen molar-refractivity contribution in [2.45, 2.75) is 22.4 Å². The van der Waals surface area contributed by atoms with Crippen molar-refractivity contribution in [3.05, 3.63) is 59.6 Å². The van der Waals surface area contributed by atoms with Crippen LogP contribution in [0.15, 0.2) is 57.5 Å². The molecule has 8 nitrogen and oxygen atoms in total. The number of anilines is 1. The van der Waals surface area contributed by atoms with Crippen LogP contribution in [-0.4, -0.2) is 60.2 Å². The van der Waals surface area contributed by atoms with E-state index >= 15 is 0 Å². The molecular formula is C22H26N4O4S2. The van der Waals surface area contributed by atoms with Gasteiger partial charge in [0.25, 0.3) is 5.91 Å². The topological polar surface area (TPSA) is 104 Å². The Hall–Kier alpha value is -2.82. The molecule has 3 rings (SSSR count). The molecule has 0 unspecified atom stereocenters. The molecule has 2 aromatic rings. The lowest BCUT2D eigenvalue weighted by Crippen LogP contribution is -2.35. The fraction of sp³-hybridized carbons (Fsp3) is 0.318. The molecule has 0 spiro atoms. The number of rotatable bonds is 10. The molecule has 170 valence electrons. The molecule has 0 radical (unpaired) electrons. The third kappa shape index (κ3) is 6.12. The van der Waals surface area contributed by atoms with Gasteiger partial charge in [0.1, 0.15) is 5.82 Å². The Balaban J connectivity index is 1.82. The lowest BCUT2D eigenvalue weighted by Gasteiger charge is -2.22. The number of dihydropyridines is 1. The molecule has 1 aliphatic rings. The summed E-state index contributed by atoms with van der Waals surface area (Å²) in [5.74, 6) is 0.00400. The van der Waals surface area contributed by atoms with Gasteiger partial charge in [0.2, 0.25) is 0 Å². The van der Waals surface area contributed by atoms with E-state index in [1.165, 1.54) is 30.2 Å². The van der Waals surface area contributed by atoms with Gasteiger partial charge in [-0.2, -0.15) is 0 Å². The number of carbonyl (C=O) groups is 2. The van der Waals surface area contributed by atoms with Crippen molar-refractivity contribution >= 4 is 40.1 Å². The average molecular weight is 475 g/mol. The molecule has 10 heteroatoms. The smallest absolute Gasteiger partial charge is 0.338 e. The number of hydrogen-bond donors (Lipinski definition) is 3. The molecule has 2 heterocycles. The van der Waals surface area contributed by atoms with Gasteiger partial charge in [-0.25, -0.2) is 9.78 Å². The molecule has 0 fully saturated rings. The number of hydrogen-bond acceptors (Lipinski definition) is 9. The number of methoxy groups -OCH3 is 1. The van der Waals surface area contributed by atoms with E-state index < -0.39 is 5.97 Å². The van der Waals surface area contributed by atoms with Gasteiger partial charge in [-0.3, -0.25) is 4.79 Å². The van der Waals surface area contributed by atoms with E-state index in [4.69, 9.17) is 4.74 Å². The third-order valence-corrected chi connectivity index (χ3v) is 6.53. The summed E-state index contributed by atoms with van der Waals surface area (Å²) in [7, 11) is 1.29. The predicted molar refractivity (Wildman–Crippen MR) is 126 cm³/mol. The van der Waals surface area contributed by atoms with E-state index in [1.54, 1.807) is 29.3 Å². The first kappa shape index (κ1) is 23.8. The Kier molecular flexibility index (Phi) is 8.72. The Morgan fingerprint density at radius 2 is 2.19 bits per heavy atom. The van der Waals surface area contributed by atoms with Crippen LogP contribution >= 0.6 is 23.1 Å². The maximum Gasteiger partial charge on any atom is 0.338 e. The first-order chi connectivity index (χ1) is 15.5. The monoisotopic (exact) mass is 474 g/mol. The van der Waals surface area contributed by atoms with Crippen molar-refractivity contribution in [3.63, 3.8) is 0 Å². The molecule has 1 aromatic carbocycles. The number of nitrogens with zero attached hydrogens (tertiary/aromatic N) is 2. The fourth-order valence-corrected chi connectivity index (χ4v) is 4.97. The summed E-state index contributed by atoms with van der Waals surface area (Å²) in [4.78, 5) is 32.2. The van der Waals surface area contributed by atoms with Crippen LogP contribution < -0.4 is 10.6 Å². The third-order valence-electron chi connectivity index (χ3n) is 4.53. The van der Waals surface area contributed by atoms with Gasteiger partial charge in [0.05, 0.1) is 35.2 Å². The first-order valence-electron chi connectivity index (χ1n) is 10.2. The van der Waals surface area contributed by atoms with E-state index in [0.29, 0.717) is 6.54 Å². The fourth-order valence-electron chi connectivity index (χ4n) is 3.07. The second-order valence-corrected chi connectivity index (χ2v) is 9.22. The molecular weight excluding hydrogens is 448 g/mol. The van der Waals surface area contributed by atoms with Crippen LogP contribution in [0.3, 0.4) is 0 Å². The summed E-state index contributed by atoms with van der Waals surface area (Å²) >= 11 is 2.95. The molecule has 0 bridgehead atoms. The minimum Gasteiger partial charge on any atom is -0.465 e. The minimum absolute atomic E-state index is 0.147. The quantitative estimate of drug-likeness (QED) is 0.451. The molecule has 0 saturated carbocycles. The summed E-state index contributed by atoms with van der Waals surface area (Å²) in [6.45, 7) is 3.26. The van der Waals surface area contributed by atoms with Gasteiger partial charge in [0, 0.05) is 24.5 Å². The second kappa shape index (κ2) is 11.7. The number of allylic oxidation sites excluding steroid dienone is 2. The Labute approximate surface area is 195 Å². The number of carbonyl (C=O) groups excluding carboxylic acids is 2. The van der Waals surface area contributed by atoms with Gasteiger partial charge in [-0.1, -0.05) is 42.2 Å². The number of aromatic nitrogens is 1. The summed E-state index contributed by atoms with van der Waals surface area (Å²) in [5, 5.41) is 16.5. The molecule has 1 aromatic heterocycles. The molecule has 1 aliphatic heterocycles. The van der Waals surface area contributed by atoms with Crippen molar-refractivity contribution in [2.24, 2.45) is 0 Å². The summed E-state index contributed by atoms with van der Waals surface area (Å²) in [5.41, 5.74) is 0.464. The molecule has 32 heavy (non-hydrogen) atoms. The summed E-state index contributed by atoms with van der Waals surface area (Å²) in [6.07, 6.45) is 8.44. The van der Waals surface area contributed by atoms with Crippen molar-refractivity contribution in [2.75, 3.05) is 38.7 Å². The minimum atomic E-state index is -0.572. The maximum atomic E-state index is 13.2. The van der Waals surface area contributed by atoms with Crippen LogP contribution in [0.5, 0.6) is 0 Å². The lowest BCUT2D eigenvalue weighted by atomic mass is 10.1. The van der Waals surface area contributed by atoms with Gasteiger partial charge >= 0.3 is 5.97 Å². The van der Waals surface area contributed by atoms with Crippen LogP contribution in [0.25, 0.3) is 0 Å². The average Bonchev–Trinajstić information content (AvgIpc) is 3.25. The number of nitrogens with one attached hydrogen (secondary N) is 2. The van der Waals surface area contributed by atoms with E-state index in [0.717, 1.165) is 33.0 Å². The van der Waals surface area contributed by atoms with Crippen molar-refractivity contribution in [1.82, 2.24) is 15.2 Å². The highest BCUT2D eigenvalue weighted by Crippen LogP contribution is 2.35. The number of thiazole rings is 1. The van der Waals surface area contributed by atoms with Crippen LogP contribution in [0.2, 0.25) is 0 Å². The number of amides is 1. The number of ether oxygens (including phenoxy) is 1. The zero-order valence-corrected chi connectivity index (χ0v) is 19.6. The van der Waals surface area contributed by atoms with Crippen molar-refractivity contribution in [1.29, 1.82) is 0 Å². The molecule has 0 atom stereocenters. The van der Waals surface area contributed by atoms with Crippen LogP contribution in [0.4, 0.5) is 5.13 Å². The van der Waals surface area contributed by atoms with Crippen LogP contribution in [0, 0.1) is 0 Å². The maximum absolute atomic E-state index is 13.2.